The number of nitrogens with zero attached hydrogens (tertiary/aromatic N) is 3. The predicted molar refractivity (Wildman–Crippen MR) is 113 cm³/mol. The van der Waals surface area contributed by atoms with Crippen molar-refractivity contribution in [2.75, 3.05) is 29.9 Å². The molecule has 2 amide bonds. The van der Waals surface area contributed by atoms with Gasteiger partial charge in [-0.1, -0.05) is 11.6 Å². The molecule has 0 atom stereocenters. The number of nitrogens with one attached hydrogen (secondary N) is 2. The van der Waals surface area contributed by atoms with Crippen LogP contribution < -0.4 is 15.5 Å². The van der Waals surface area contributed by atoms with E-state index < -0.39 is 17.5 Å². The van der Waals surface area contributed by atoms with Gasteiger partial charge in [-0.2, -0.15) is 5.10 Å². The minimum Gasteiger partial charge on any atom is -0.359 e. The Morgan fingerprint density at radius 1 is 1.23 bits per heavy atom. The summed E-state index contributed by atoms with van der Waals surface area (Å²) in [7, 11) is 1.60. The van der Waals surface area contributed by atoms with Crippen LogP contribution in [0.1, 0.15) is 10.4 Å². The zero-order valence-corrected chi connectivity index (χ0v) is 17.2. The van der Waals surface area contributed by atoms with Gasteiger partial charge in [-0.3, -0.25) is 14.3 Å². The standard InChI is InChI=1S/C21H18ClF2N5O2/c1-28-10-15(20(27-28)14-4-2-12(23)8-17(14)24)21(31)26-13-3-5-18(16(22)9-13)29-7-6-25-19(30)11-29/h2-5,8-10H,6-7,11H2,1H3,(H,25,30)(H,26,31). The van der Waals surface area contributed by atoms with Gasteiger partial charge in [0.05, 0.1) is 22.8 Å². The highest BCUT2D eigenvalue weighted by Gasteiger charge is 2.22. The summed E-state index contributed by atoms with van der Waals surface area (Å²) in [5, 5.41) is 10.0. The van der Waals surface area contributed by atoms with Crippen LogP contribution >= 0.6 is 11.6 Å². The highest BCUT2D eigenvalue weighted by Crippen LogP contribution is 2.30. The number of hydrogen-bond acceptors (Lipinski definition) is 4. The first-order valence-corrected chi connectivity index (χ1v) is 9.81. The van der Waals surface area contributed by atoms with Crippen molar-refractivity contribution in [3.8, 4) is 11.3 Å². The molecule has 0 saturated carbocycles. The maximum absolute atomic E-state index is 14.2. The lowest BCUT2D eigenvalue weighted by Crippen LogP contribution is -2.47. The number of aromatic nitrogens is 2. The van der Waals surface area contributed by atoms with Crippen LogP contribution in [0.3, 0.4) is 0 Å². The minimum atomic E-state index is -0.814. The van der Waals surface area contributed by atoms with Crippen molar-refractivity contribution in [2.24, 2.45) is 7.05 Å². The summed E-state index contributed by atoms with van der Waals surface area (Å²) in [5.74, 6) is -2.14. The van der Waals surface area contributed by atoms with Crippen LogP contribution in [0.25, 0.3) is 11.3 Å². The fourth-order valence-corrected chi connectivity index (χ4v) is 3.72. The van der Waals surface area contributed by atoms with Crippen LogP contribution in [0.4, 0.5) is 20.2 Å². The fraction of sp³-hybridized carbons (Fsp3) is 0.190. The maximum atomic E-state index is 14.2. The summed E-state index contributed by atoms with van der Waals surface area (Å²) >= 11 is 6.38. The third kappa shape index (κ3) is 4.36. The second-order valence-electron chi connectivity index (χ2n) is 7.08. The number of carbonyl (C=O) groups is 2. The largest absolute Gasteiger partial charge is 0.359 e. The monoisotopic (exact) mass is 445 g/mol. The fourth-order valence-electron chi connectivity index (χ4n) is 3.42. The molecule has 0 aliphatic carbocycles. The van der Waals surface area contributed by atoms with Gasteiger partial charge >= 0.3 is 0 Å². The van der Waals surface area contributed by atoms with Crippen LogP contribution in [-0.4, -0.2) is 41.2 Å². The van der Waals surface area contributed by atoms with Crippen molar-refractivity contribution in [3.05, 3.63) is 64.8 Å². The van der Waals surface area contributed by atoms with E-state index in [9.17, 15) is 18.4 Å². The Morgan fingerprint density at radius 2 is 2.03 bits per heavy atom. The third-order valence-electron chi connectivity index (χ3n) is 4.84. The first-order chi connectivity index (χ1) is 14.8. The van der Waals surface area contributed by atoms with E-state index in [-0.39, 0.29) is 29.3 Å². The summed E-state index contributed by atoms with van der Waals surface area (Å²) in [5.41, 5.74) is 1.35. The first kappa shape index (κ1) is 20.8. The SMILES string of the molecule is Cn1cc(C(=O)Nc2ccc(N3CCNC(=O)C3)c(Cl)c2)c(-c2ccc(F)cc2F)n1. The van der Waals surface area contributed by atoms with Crippen LogP contribution in [-0.2, 0) is 11.8 Å². The number of amides is 2. The summed E-state index contributed by atoms with van der Waals surface area (Å²) in [6.07, 6.45) is 1.45. The molecule has 1 aliphatic heterocycles. The van der Waals surface area contributed by atoms with Crippen molar-refractivity contribution < 1.29 is 18.4 Å². The Bertz CT molecular complexity index is 1180. The van der Waals surface area contributed by atoms with Crippen LogP contribution in [0.5, 0.6) is 0 Å². The summed E-state index contributed by atoms with van der Waals surface area (Å²) in [6.45, 7) is 1.35. The summed E-state index contributed by atoms with van der Waals surface area (Å²) in [4.78, 5) is 26.3. The number of carbonyl (C=O) groups excluding carboxylic acids is 2. The molecule has 2 N–H and O–H groups in total. The summed E-state index contributed by atoms with van der Waals surface area (Å²) in [6, 6.07) is 8.06. The van der Waals surface area contributed by atoms with Crippen molar-refractivity contribution in [2.45, 2.75) is 0 Å². The molecule has 2 aromatic carbocycles. The number of rotatable bonds is 4. The Kier molecular flexibility index (Phi) is 5.60. The van der Waals surface area contributed by atoms with Gasteiger partial charge in [0.1, 0.15) is 17.3 Å². The molecule has 10 heteroatoms. The van der Waals surface area contributed by atoms with Gasteiger partial charge in [-0.05, 0) is 30.3 Å². The lowest BCUT2D eigenvalue weighted by Gasteiger charge is -2.29. The van der Waals surface area contributed by atoms with Crippen molar-refractivity contribution in [1.29, 1.82) is 0 Å². The molecule has 31 heavy (non-hydrogen) atoms. The molecule has 1 aliphatic rings. The van der Waals surface area contributed by atoms with E-state index in [2.05, 4.69) is 15.7 Å². The number of hydrogen-bond donors (Lipinski definition) is 2. The Labute approximate surface area is 181 Å². The number of benzene rings is 2. The molecule has 4 rings (SSSR count). The molecular formula is C21H18ClF2N5O2. The van der Waals surface area contributed by atoms with Gasteiger partial charge < -0.3 is 15.5 Å². The molecule has 0 bridgehead atoms. The Balaban J connectivity index is 1.58. The molecule has 160 valence electrons. The van der Waals surface area contributed by atoms with E-state index in [0.717, 1.165) is 12.1 Å². The second kappa shape index (κ2) is 8.35. The minimum absolute atomic E-state index is 0.0175. The molecular weight excluding hydrogens is 428 g/mol. The van der Waals surface area contributed by atoms with Gasteiger partial charge in [-0.25, -0.2) is 8.78 Å². The molecule has 1 aromatic heterocycles. The molecule has 0 radical (unpaired) electrons. The second-order valence-corrected chi connectivity index (χ2v) is 7.49. The number of aryl methyl sites for hydroxylation is 1. The lowest BCUT2D eigenvalue weighted by atomic mass is 10.1. The molecule has 0 unspecified atom stereocenters. The number of piperazine rings is 1. The van der Waals surface area contributed by atoms with Gasteiger partial charge in [-0.15, -0.1) is 0 Å². The van der Waals surface area contributed by atoms with Crippen molar-refractivity contribution in [1.82, 2.24) is 15.1 Å². The molecule has 7 nitrogen and oxygen atoms in total. The molecule has 2 heterocycles. The van der Waals surface area contributed by atoms with Crippen molar-refractivity contribution in [3.63, 3.8) is 0 Å². The lowest BCUT2D eigenvalue weighted by molar-refractivity contribution is -0.120. The van der Waals surface area contributed by atoms with Crippen LogP contribution in [0, 0.1) is 11.6 Å². The van der Waals surface area contributed by atoms with Gasteiger partial charge in [0, 0.05) is 43.7 Å². The average Bonchev–Trinajstić information content (AvgIpc) is 3.09. The Hall–Kier alpha value is -3.46. The van der Waals surface area contributed by atoms with E-state index in [1.54, 1.807) is 25.2 Å². The Morgan fingerprint density at radius 3 is 2.74 bits per heavy atom. The van der Waals surface area contributed by atoms with E-state index in [1.165, 1.54) is 16.9 Å². The molecule has 0 spiro atoms. The van der Waals surface area contributed by atoms with Gasteiger partial charge in [0.2, 0.25) is 5.91 Å². The van der Waals surface area contributed by atoms with E-state index in [0.29, 0.717) is 29.5 Å². The molecule has 1 saturated heterocycles. The zero-order chi connectivity index (χ0) is 22.1. The quantitative estimate of drug-likeness (QED) is 0.646. The third-order valence-corrected chi connectivity index (χ3v) is 5.15. The highest BCUT2D eigenvalue weighted by atomic mass is 35.5. The highest BCUT2D eigenvalue weighted by molar-refractivity contribution is 6.33. The average molecular weight is 446 g/mol. The van der Waals surface area contributed by atoms with E-state index in [4.69, 9.17) is 11.6 Å². The van der Waals surface area contributed by atoms with Gasteiger partial charge in [0.25, 0.3) is 5.91 Å². The zero-order valence-electron chi connectivity index (χ0n) is 16.5. The maximum Gasteiger partial charge on any atom is 0.259 e. The summed E-state index contributed by atoms with van der Waals surface area (Å²) < 4.78 is 28.9. The normalized spacial score (nSPS) is 13.8. The molecule has 3 aromatic rings. The first-order valence-electron chi connectivity index (χ1n) is 9.43. The van der Waals surface area contributed by atoms with Crippen LogP contribution in [0.2, 0.25) is 5.02 Å². The predicted octanol–water partition coefficient (Wildman–Crippen LogP) is 3.21. The van der Waals surface area contributed by atoms with Crippen LogP contribution in [0.15, 0.2) is 42.6 Å². The molecule has 1 fully saturated rings. The van der Waals surface area contributed by atoms with E-state index in [1.807, 2.05) is 4.90 Å². The van der Waals surface area contributed by atoms with E-state index >= 15 is 0 Å². The van der Waals surface area contributed by atoms with Gasteiger partial charge in [0.15, 0.2) is 0 Å². The number of anilines is 2. The topological polar surface area (TPSA) is 79.3 Å². The number of halogens is 3. The van der Waals surface area contributed by atoms with Crippen molar-refractivity contribution >= 4 is 34.8 Å². The smallest absolute Gasteiger partial charge is 0.259 e.